The highest BCUT2D eigenvalue weighted by Crippen LogP contribution is 2.37. The van der Waals surface area contributed by atoms with Crippen LogP contribution in [0.25, 0.3) is 0 Å². The molecule has 0 saturated carbocycles. The lowest BCUT2D eigenvalue weighted by Gasteiger charge is -2.29. The topological polar surface area (TPSA) is 60.2 Å². The Kier molecular flexibility index (Phi) is 4.34. The van der Waals surface area contributed by atoms with Crippen molar-refractivity contribution in [2.75, 3.05) is 11.5 Å². The lowest BCUT2D eigenvalue weighted by Crippen LogP contribution is -2.38. The number of amides is 1. The number of hydrogen-bond donors (Lipinski definition) is 0. The van der Waals surface area contributed by atoms with Gasteiger partial charge in [0.2, 0.25) is 0 Å². The van der Waals surface area contributed by atoms with E-state index < -0.39 is 0 Å². The van der Waals surface area contributed by atoms with Gasteiger partial charge in [-0.1, -0.05) is 47.1 Å². The number of carbonyl (C=O) groups is 1. The molecule has 0 spiro atoms. The van der Waals surface area contributed by atoms with Crippen LogP contribution in [-0.4, -0.2) is 27.5 Å². The molecule has 0 N–H and O–H groups in total. The smallest absolute Gasteiger partial charge is 0.265 e. The van der Waals surface area contributed by atoms with E-state index in [0.717, 1.165) is 11.1 Å². The summed E-state index contributed by atoms with van der Waals surface area (Å²) < 4.78 is 7.30. The van der Waals surface area contributed by atoms with Gasteiger partial charge in [0.25, 0.3) is 5.91 Å². The molecule has 0 atom stereocenters. The maximum absolute atomic E-state index is 12.4. The lowest BCUT2D eigenvalue weighted by atomic mass is 10.1. The molecule has 132 valence electrons. The fourth-order valence-electron chi connectivity index (χ4n) is 2.92. The number of carbonyl (C=O) groups excluding carboxylic acids is 1. The highest BCUT2D eigenvalue weighted by atomic mass is 35.5. The summed E-state index contributed by atoms with van der Waals surface area (Å²) in [5, 5.41) is 8.96. The number of aromatic nitrogens is 3. The van der Waals surface area contributed by atoms with Crippen LogP contribution in [0.15, 0.2) is 48.7 Å². The average Bonchev–Trinajstić information content (AvgIpc) is 3.07. The van der Waals surface area contributed by atoms with Crippen molar-refractivity contribution in [2.24, 2.45) is 0 Å². The van der Waals surface area contributed by atoms with E-state index in [1.807, 2.05) is 49.5 Å². The number of rotatable bonds is 4. The average molecular weight is 369 g/mol. The van der Waals surface area contributed by atoms with Crippen LogP contribution in [0, 0.1) is 6.92 Å². The Hall–Kier alpha value is -2.86. The van der Waals surface area contributed by atoms with Gasteiger partial charge in [0, 0.05) is 5.02 Å². The van der Waals surface area contributed by atoms with E-state index in [1.54, 1.807) is 15.6 Å². The van der Waals surface area contributed by atoms with Gasteiger partial charge in [-0.25, -0.2) is 4.68 Å². The Bertz CT molecular complexity index is 955. The zero-order valence-corrected chi connectivity index (χ0v) is 15.0. The monoisotopic (exact) mass is 368 g/mol. The van der Waals surface area contributed by atoms with Gasteiger partial charge in [-0.05, 0) is 30.2 Å². The van der Waals surface area contributed by atoms with Crippen LogP contribution >= 0.6 is 11.6 Å². The van der Waals surface area contributed by atoms with Crippen LogP contribution < -0.4 is 9.64 Å². The van der Waals surface area contributed by atoms with E-state index in [2.05, 4.69) is 10.3 Å². The molecule has 1 aromatic heterocycles. The summed E-state index contributed by atoms with van der Waals surface area (Å²) in [6.07, 6.45) is 1.85. The van der Waals surface area contributed by atoms with Gasteiger partial charge in [-0.2, -0.15) is 0 Å². The molecule has 0 unspecified atom stereocenters. The summed E-state index contributed by atoms with van der Waals surface area (Å²) >= 11 is 6.23. The number of fused-ring (bicyclic) bond motifs is 1. The van der Waals surface area contributed by atoms with Gasteiger partial charge in [-0.15, -0.1) is 5.10 Å². The third-order valence-corrected chi connectivity index (χ3v) is 4.68. The number of benzene rings is 2. The van der Waals surface area contributed by atoms with E-state index in [0.29, 0.717) is 35.2 Å². The number of nitrogens with zero attached hydrogens (tertiary/aromatic N) is 4. The van der Waals surface area contributed by atoms with Gasteiger partial charge in [0.15, 0.2) is 6.61 Å². The molecule has 1 aliphatic heterocycles. The van der Waals surface area contributed by atoms with Gasteiger partial charge in [0.05, 0.1) is 25.0 Å². The first-order valence-corrected chi connectivity index (χ1v) is 8.64. The molecular formula is C19H17ClN4O2. The second-order valence-electron chi connectivity index (χ2n) is 6.23. The minimum Gasteiger partial charge on any atom is -0.482 e. The normalized spacial score (nSPS) is 13.5. The minimum absolute atomic E-state index is 0.00618. The second kappa shape index (κ2) is 6.80. The number of anilines is 1. The summed E-state index contributed by atoms with van der Waals surface area (Å²) in [4.78, 5) is 14.0. The maximum atomic E-state index is 12.4. The molecule has 2 heterocycles. The Morgan fingerprint density at radius 2 is 2.00 bits per heavy atom. The minimum atomic E-state index is -0.130. The van der Waals surface area contributed by atoms with Crippen molar-refractivity contribution in [2.45, 2.75) is 20.0 Å². The van der Waals surface area contributed by atoms with Gasteiger partial charge in [-0.3, -0.25) is 9.69 Å². The van der Waals surface area contributed by atoms with Crippen molar-refractivity contribution >= 4 is 23.2 Å². The van der Waals surface area contributed by atoms with Crippen LogP contribution in [0.1, 0.15) is 16.8 Å². The first-order chi connectivity index (χ1) is 12.6. The molecule has 1 amide bonds. The van der Waals surface area contributed by atoms with Crippen LogP contribution in [0.4, 0.5) is 5.69 Å². The highest BCUT2D eigenvalue weighted by Gasteiger charge is 2.27. The summed E-state index contributed by atoms with van der Waals surface area (Å²) in [7, 11) is 0. The van der Waals surface area contributed by atoms with Crippen molar-refractivity contribution in [1.29, 1.82) is 0 Å². The molecule has 26 heavy (non-hydrogen) atoms. The molecular weight excluding hydrogens is 352 g/mol. The zero-order valence-electron chi connectivity index (χ0n) is 14.2. The molecule has 7 heteroatoms. The Balaban J connectivity index is 1.56. The summed E-state index contributed by atoms with van der Waals surface area (Å²) in [6.45, 7) is 2.87. The Morgan fingerprint density at radius 1 is 1.19 bits per heavy atom. The maximum Gasteiger partial charge on any atom is 0.265 e. The zero-order chi connectivity index (χ0) is 18.1. The Labute approximate surface area is 155 Å². The molecule has 0 saturated heterocycles. The van der Waals surface area contributed by atoms with Crippen LogP contribution in [-0.2, 0) is 17.9 Å². The van der Waals surface area contributed by atoms with Crippen molar-refractivity contribution in [3.05, 3.63) is 70.5 Å². The molecule has 0 radical (unpaired) electrons. The predicted molar refractivity (Wildman–Crippen MR) is 98.4 cm³/mol. The molecule has 1 aliphatic rings. The summed E-state index contributed by atoms with van der Waals surface area (Å²) in [5.74, 6) is 0.526. The molecule has 0 bridgehead atoms. The number of hydrogen-bond acceptors (Lipinski definition) is 4. The fourth-order valence-corrected chi connectivity index (χ4v) is 3.07. The van der Waals surface area contributed by atoms with Crippen LogP contribution in [0.5, 0.6) is 5.75 Å². The number of halogens is 1. The molecule has 4 rings (SSSR count). The second-order valence-corrected chi connectivity index (χ2v) is 6.64. The first-order valence-electron chi connectivity index (χ1n) is 8.26. The third-order valence-electron chi connectivity index (χ3n) is 4.28. The summed E-state index contributed by atoms with van der Waals surface area (Å²) in [6, 6.07) is 13.6. The van der Waals surface area contributed by atoms with E-state index in [-0.39, 0.29) is 12.5 Å². The first kappa shape index (κ1) is 16.6. The Morgan fingerprint density at radius 3 is 2.81 bits per heavy atom. The van der Waals surface area contributed by atoms with Gasteiger partial charge >= 0.3 is 0 Å². The standard InChI is InChI=1S/C19H17ClN4O2/c1-13-7-18-17(8-16(13)20)24(19(25)12-26-18)11-15-10-23(22-21-15)9-14-5-3-2-4-6-14/h2-8,10H,9,11-12H2,1H3. The van der Waals surface area contributed by atoms with Crippen molar-refractivity contribution in [3.8, 4) is 5.75 Å². The van der Waals surface area contributed by atoms with Crippen LogP contribution in [0.2, 0.25) is 5.02 Å². The van der Waals surface area contributed by atoms with E-state index in [1.165, 1.54) is 0 Å². The fraction of sp³-hybridized carbons (Fsp3) is 0.211. The largest absolute Gasteiger partial charge is 0.482 e. The van der Waals surface area contributed by atoms with Crippen molar-refractivity contribution < 1.29 is 9.53 Å². The van der Waals surface area contributed by atoms with E-state index >= 15 is 0 Å². The molecule has 0 fully saturated rings. The third kappa shape index (κ3) is 3.28. The van der Waals surface area contributed by atoms with Gasteiger partial charge < -0.3 is 4.74 Å². The molecule has 6 nitrogen and oxygen atoms in total. The number of aryl methyl sites for hydroxylation is 1. The SMILES string of the molecule is Cc1cc2c(cc1Cl)N(Cc1cn(Cc3ccccc3)nn1)C(=O)CO2. The highest BCUT2D eigenvalue weighted by molar-refractivity contribution is 6.31. The molecule has 3 aromatic rings. The van der Waals surface area contributed by atoms with E-state index in [9.17, 15) is 4.79 Å². The molecule has 0 aliphatic carbocycles. The summed E-state index contributed by atoms with van der Waals surface area (Å²) in [5.41, 5.74) is 3.42. The van der Waals surface area contributed by atoms with E-state index in [4.69, 9.17) is 16.3 Å². The van der Waals surface area contributed by atoms with Gasteiger partial charge in [0.1, 0.15) is 11.4 Å². The quantitative estimate of drug-likeness (QED) is 0.709. The number of ether oxygens (including phenoxy) is 1. The molecule has 2 aromatic carbocycles. The lowest BCUT2D eigenvalue weighted by molar-refractivity contribution is -0.121. The van der Waals surface area contributed by atoms with Crippen LogP contribution in [0.3, 0.4) is 0 Å². The predicted octanol–water partition coefficient (Wildman–Crippen LogP) is 3.21. The van der Waals surface area contributed by atoms with Crippen molar-refractivity contribution in [3.63, 3.8) is 0 Å². The van der Waals surface area contributed by atoms with Crippen molar-refractivity contribution in [1.82, 2.24) is 15.0 Å².